The molecule has 0 aliphatic heterocycles. The fraction of sp³-hybridized carbons (Fsp3) is 0.538. The van der Waals surface area contributed by atoms with Gasteiger partial charge in [0.1, 0.15) is 5.82 Å². The number of rotatable bonds is 6. The average Bonchev–Trinajstić information content (AvgIpc) is 2.27. The van der Waals surface area contributed by atoms with E-state index in [9.17, 15) is 4.39 Å². The zero-order chi connectivity index (χ0) is 13.7. The Morgan fingerprint density at radius 2 is 1.94 bits per heavy atom. The fourth-order valence-electron chi connectivity index (χ4n) is 1.96. The molecular formula is C13H21BFNO2. The second-order valence-corrected chi connectivity index (χ2v) is 4.83. The van der Waals surface area contributed by atoms with Gasteiger partial charge in [-0.05, 0) is 50.0 Å². The summed E-state index contributed by atoms with van der Waals surface area (Å²) in [7, 11) is -1.63. The van der Waals surface area contributed by atoms with Crippen molar-refractivity contribution >= 4 is 12.6 Å². The fourth-order valence-corrected chi connectivity index (χ4v) is 1.96. The summed E-state index contributed by atoms with van der Waals surface area (Å²) in [6, 6.07) is 4.60. The molecule has 0 fully saturated rings. The monoisotopic (exact) mass is 253 g/mol. The van der Waals surface area contributed by atoms with E-state index >= 15 is 0 Å². The molecule has 0 heterocycles. The van der Waals surface area contributed by atoms with Gasteiger partial charge in [-0.15, -0.1) is 0 Å². The predicted molar refractivity (Wildman–Crippen MR) is 72.1 cm³/mol. The third-order valence-corrected chi connectivity index (χ3v) is 2.90. The molecule has 1 rings (SSSR count). The minimum atomic E-state index is -1.63. The SMILES string of the molecule is CCCN(Cc1cc(F)cc(B(O)O)c1)C(C)C. The standard InChI is InChI=1S/C13H21BFNO2/c1-4-5-16(10(2)3)9-11-6-12(14(17)18)8-13(15)7-11/h6-8,10,17-18H,4-5,9H2,1-3H3. The number of halogens is 1. The number of hydrogen-bond donors (Lipinski definition) is 2. The van der Waals surface area contributed by atoms with Crippen molar-refractivity contribution in [2.24, 2.45) is 0 Å². The van der Waals surface area contributed by atoms with Crippen LogP contribution in [0.3, 0.4) is 0 Å². The van der Waals surface area contributed by atoms with Gasteiger partial charge in [-0.1, -0.05) is 13.0 Å². The molecule has 0 saturated heterocycles. The van der Waals surface area contributed by atoms with E-state index in [4.69, 9.17) is 10.0 Å². The van der Waals surface area contributed by atoms with Gasteiger partial charge in [0.05, 0.1) is 0 Å². The normalized spacial score (nSPS) is 11.3. The predicted octanol–water partition coefficient (Wildman–Crippen LogP) is 1.13. The highest BCUT2D eigenvalue weighted by atomic mass is 19.1. The van der Waals surface area contributed by atoms with Crippen LogP contribution in [-0.4, -0.2) is 34.7 Å². The second-order valence-electron chi connectivity index (χ2n) is 4.83. The molecule has 1 aromatic carbocycles. The van der Waals surface area contributed by atoms with Crippen molar-refractivity contribution in [2.45, 2.75) is 39.8 Å². The first-order valence-electron chi connectivity index (χ1n) is 6.33. The Morgan fingerprint density at radius 3 is 2.44 bits per heavy atom. The van der Waals surface area contributed by atoms with Gasteiger partial charge >= 0.3 is 7.12 Å². The largest absolute Gasteiger partial charge is 0.488 e. The van der Waals surface area contributed by atoms with Gasteiger partial charge < -0.3 is 10.0 Å². The summed E-state index contributed by atoms with van der Waals surface area (Å²) in [6.07, 6.45) is 1.03. The van der Waals surface area contributed by atoms with E-state index < -0.39 is 12.9 Å². The van der Waals surface area contributed by atoms with Crippen molar-refractivity contribution in [3.8, 4) is 0 Å². The minimum absolute atomic E-state index is 0.199. The van der Waals surface area contributed by atoms with Crippen LogP contribution in [0, 0.1) is 5.82 Å². The Kier molecular flexibility index (Phi) is 5.79. The third-order valence-electron chi connectivity index (χ3n) is 2.90. The average molecular weight is 253 g/mol. The number of benzene rings is 1. The zero-order valence-corrected chi connectivity index (χ0v) is 11.2. The summed E-state index contributed by atoms with van der Waals surface area (Å²) in [5, 5.41) is 18.2. The molecular weight excluding hydrogens is 232 g/mol. The van der Waals surface area contributed by atoms with E-state index in [0.29, 0.717) is 12.6 Å². The molecule has 5 heteroatoms. The van der Waals surface area contributed by atoms with Crippen LogP contribution in [0.15, 0.2) is 18.2 Å². The molecule has 3 nitrogen and oxygen atoms in total. The highest BCUT2D eigenvalue weighted by Gasteiger charge is 2.15. The van der Waals surface area contributed by atoms with Gasteiger partial charge in [-0.3, -0.25) is 4.90 Å². The quantitative estimate of drug-likeness (QED) is 0.747. The number of hydrogen-bond acceptors (Lipinski definition) is 3. The van der Waals surface area contributed by atoms with Gasteiger partial charge in [0.15, 0.2) is 0 Å². The topological polar surface area (TPSA) is 43.7 Å². The van der Waals surface area contributed by atoms with E-state index in [2.05, 4.69) is 25.7 Å². The van der Waals surface area contributed by atoms with E-state index in [1.165, 1.54) is 6.07 Å². The molecule has 0 radical (unpaired) electrons. The first-order chi connectivity index (χ1) is 8.43. The summed E-state index contributed by atoms with van der Waals surface area (Å²) in [5.74, 6) is -0.434. The maximum atomic E-state index is 13.4. The molecule has 0 unspecified atom stereocenters. The van der Waals surface area contributed by atoms with Crippen LogP contribution in [-0.2, 0) is 6.54 Å². The van der Waals surface area contributed by atoms with Crippen LogP contribution >= 0.6 is 0 Å². The van der Waals surface area contributed by atoms with Crippen LogP contribution in [0.5, 0.6) is 0 Å². The van der Waals surface area contributed by atoms with Gasteiger partial charge in [0, 0.05) is 12.6 Å². The molecule has 0 atom stereocenters. The minimum Gasteiger partial charge on any atom is -0.423 e. The lowest BCUT2D eigenvalue weighted by molar-refractivity contribution is 0.213. The molecule has 0 amide bonds. The highest BCUT2D eigenvalue weighted by molar-refractivity contribution is 6.58. The van der Waals surface area contributed by atoms with Crippen molar-refractivity contribution in [3.05, 3.63) is 29.6 Å². The van der Waals surface area contributed by atoms with Crippen molar-refractivity contribution in [1.29, 1.82) is 0 Å². The summed E-state index contributed by atoms with van der Waals surface area (Å²) >= 11 is 0. The second kappa shape index (κ2) is 6.88. The molecule has 0 aliphatic rings. The molecule has 0 aromatic heterocycles. The molecule has 0 bridgehead atoms. The molecule has 100 valence electrons. The molecule has 0 aliphatic carbocycles. The van der Waals surface area contributed by atoms with Crippen LogP contribution in [0.25, 0.3) is 0 Å². The molecule has 0 saturated carbocycles. The smallest absolute Gasteiger partial charge is 0.423 e. The lowest BCUT2D eigenvalue weighted by Crippen LogP contribution is -2.33. The van der Waals surface area contributed by atoms with Gasteiger partial charge in [-0.2, -0.15) is 0 Å². The van der Waals surface area contributed by atoms with Gasteiger partial charge in [0.25, 0.3) is 0 Å². The summed E-state index contributed by atoms with van der Waals surface area (Å²) in [5.41, 5.74) is 0.963. The first-order valence-corrected chi connectivity index (χ1v) is 6.33. The van der Waals surface area contributed by atoms with Gasteiger partial charge in [0.2, 0.25) is 0 Å². The maximum absolute atomic E-state index is 13.4. The van der Waals surface area contributed by atoms with Crippen molar-refractivity contribution < 1.29 is 14.4 Å². The molecule has 2 N–H and O–H groups in total. The van der Waals surface area contributed by atoms with E-state index in [0.717, 1.165) is 24.6 Å². The van der Waals surface area contributed by atoms with E-state index in [1.54, 1.807) is 6.07 Å². The lowest BCUT2D eigenvalue weighted by Gasteiger charge is -2.26. The Labute approximate surface area is 108 Å². The Balaban J connectivity index is 2.88. The maximum Gasteiger partial charge on any atom is 0.488 e. The number of nitrogens with zero attached hydrogens (tertiary/aromatic N) is 1. The van der Waals surface area contributed by atoms with E-state index in [1.807, 2.05) is 0 Å². The molecule has 1 aromatic rings. The zero-order valence-electron chi connectivity index (χ0n) is 11.2. The first kappa shape index (κ1) is 15.2. The van der Waals surface area contributed by atoms with Crippen molar-refractivity contribution in [2.75, 3.05) is 6.54 Å². The van der Waals surface area contributed by atoms with Crippen LogP contribution < -0.4 is 5.46 Å². The molecule has 0 spiro atoms. The van der Waals surface area contributed by atoms with Crippen molar-refractivity contribution in [1.82, 2.24) is 4.90 Å². The highest BCUT2D eigenvalue weighted by Crippen LogP contribution is 2.10. The third kappa shape index (κ3) is 4.40. The summed E-state index contributed by atoms with van der Waals surface area (Å²) in [6.45, 7) is 7.84. The van der Waals surface area contributed by atoms with Gasteiger partial charge in [-0.25, -0.2) is 4.39 Å². The summed E-state index contributed by atoms with van der Waals surface area (Å²) < 4.78 is 13.4. The molecule has 18 heavy (non-hydrogen) atoms. The van der Waals surface area contributed by atoms with Crippen LogP contribution in [0.1, 0.15) is 32.8 Å². The Bertz CT molecular complexity index is 385. The van der Waals surface area contributed by atoms with Crippen molar-refractivity contribution in [3.63, 3.8) is 0 Å². The lowest BCUT2D eigenvalue weighted by atomic mass is 9.79. The van der Waals surface area contributed by atoms with Crippen LogP contribution in [0.2, 0.25) is 0 Å². The Morgan fingerprint density at radius 1 is 1.28 bits per heavy atom. The summed E-state index contributed by atoms with van der Waals surface area (Å²) in [4.78, 5) is 2.22. The van der Waals surface area contributed by atoms with E-state index in [-0.39, 0.29) is 5.46 Å². The van der Waals surface area contributed by atoms with Crippen LogP contribution in [0.4, 0.5) is 4.39 Å². The Hall–Kier alpha value is -0.905.